The van der Waals surface area contributed by atoms with Crippen LogP contribution in [0.15, 0.2) is 24.3 Å². The topological polar surface area (TPSA) is 64.6 Å². The molecule has 0 radical (unpaired) electrons. The molecule has 0 spiro atoms. The van der Waals surface area contributed by atoms with E-state index < -0.39 is 0 Å². The van der Waals surface area contributed by atoms with E-state index >= 15 is 0 Å². The van der Waals surface area contributed by atoms with Crippen LogP contribution in [-0.4, -0.2) is 32.1 Å². The van der Waals surface area contributed by atoms with Crippen LogP contribution in [0.2, 0.25) is 0 Å². The highest BCUT2D eigenvalue weighted by Crippen LogP contribution is 2.13. The van der Waals surface area contributed by atoms with Gasteiger partial charge in [0.25, 0.3) is 0 Å². The van der Waals surface area contributed by atoms with Gasteiger partial charge in [0.05, 0.1) is 20.1 Å². The summed E-state index contributed by atoms with van der Waals surface area (Å²) in [5.74, 6) is 0.419. The third-order valence-electron chi connectivity index (χ3n) is 2.73. The van der Waals surface area contributed by atoms with E-state index in [2.05, 4.69) is 5.32 Å². The van der Waals surface area contributed by atoms with E-state index in [9.17, 15) is 9.59 Å². The molecule has 110 valence electrons. The van der Waals surface area contributed by atoms with E-state index in [4.69, 9.17) is 9.47 Å². The molecule has 5 nitrogen and oxygen atoms in total. The van der Waals surface area contributed by atoms with Crippen molar-refractivity contribution < 1.29 is 19.1 Å². The smallest absolute Gasteiger partial charge is 0.307 e. The van der Waals surface area contributed by atoms with Crippen LogP contribution < -0.4 is 10.1 Å². The molecule has 0 atom stereocenters. The summed E-state index contributed by atoms with van der Waals surface area (Å²) in [5, 5.41) is 2.70. The highest BCUT2D eigenvalue weighted by molar-refractivity contribution is 5.77. The Hall–Kier alpha value is -2.04. The predicted molar refractivity (Wildman–Crippen MR) is 75.6 cm³/mol. The standard InChI is InChI=1S/C15H21NO4/c1-3-20-15(18)9-10-16-14(17)8-7-12-5-4-6-13(11-12)19-2/h4-6,11H,3,7-10H2,1-2H3,(H,16,17). The molecule has 0 aliphatic heterocycles. The summed E-state index contributed by atoms with van der Waals surface area (Å²) in [7, 11) is 1.61. The third-order valence-corrected chi connectivity index (χ3v) is 2.73. The van der Waals surface area contributed by atoms with Crippen molar-refractivity contribution in [3.8, 4) is 5.75 Å². The number of ether oxygens (including phenoxy) is 2. The second kappa shape index (κ2) is 8.96. The van der Waals surface area contributed by atoms with Gasteiger partial charge in [-0.1, -0.05) is 12.1 Å². The van der Waals surface area contributed by atoms with Crippen LogP contribution in [0.3, 0.4) is 0 Å². The number of nitrogens with one attached hydrogen (secondary N) is 1. The molecule has 1 N–H and O–H groups in total. The van der Waals surface area contributed by atoms with Crippen LogP contribution in [0.4, 0.5) is 0 Å². The van der Waals surface area contributed by atoms with Gasteiger partial charge >= 0.3 is 5.97 Å². The fourth-order valence-corrected chi connectivity index (χ4v) is 1.71. The molecule has 0 saturated heterocycles. The molecule has 20 heavy (non-hydrogen) atoms. The Labute approximate surface area is 119 Å². The largest absolute Gasteiger partial charge is 0.497 e. The number of hydrogen-bond acceptors (Lipinski definition) is 4. The fraction of sp³-hybridized carbons (Fsp3) is 0.467. The van der Waals surface area contributed by atoms with Crippen molar-refractivity contribution >= 4 is 11.9 Å². The number of aryl methyl sites for hydroxylation is 1. The quantitative estimate of drug-likeness (QED) is 0.736. The first-order valence-corrected chi connectivity index (χ1v) is 6.71. The van der Waals surface area contributed by atoms with Crippen molar-refractivity contribution in [3.05, 3.63) is 29.8 Å². The zero-order valence-electron chi connectivity index (χ0n) is 12.0. The molecule has 0 fully saturated rings. The average Bonchev–Trinajstić information content (AvgIpc) is 2.45. The van der Waals surface area contributed by atoms with Gasteiger partial charge in [-0.2, -0.15) is 0 Å². The summed E-state index contributed by atoms with van der Waals surface area (Å²) in [6.07, 6.45) is 1.23. The van der Waals surface area contributed by atoms with Crippen LogP contribution in [0.1, 0.15) is 25.3 Å². The lowest BCUT2D eigenvalue weighted by Gasteiger charge is -2.06. The van der Waals surface area contributed by atoms with Crippen LogP contribution in [-0.2, 0) is 20.7 Å². The third kappa shape index (κ3) is 6.22. The summed E-state index contributed by atoms with van der Waals surface area (Å²) in [6.45, 7) is 2.43. The van der Waals surface area contributed by atoms with Gasteiger partial charge in [0.15, 0.2) is 0 Å². The molecule has 0 aliphatic rings. The normalized spacial score (nSPS) is 9.90. The minimum atomic E-state index is -0.291. The number of amides is 1. The number of carbonyl (C=O) groups is 2. The zero-order valence-corrected chi connectivity index (χ0v) is 12.0. The van der Waals surface area contributed by atoms with Crippen LogP contribution in [0.5, 0.6) is 5.75 Å². The lowest BCUT2D eigenvalue weighted by Crippen LogP contribution is -2.26. The lowest BCUT2D eigenvalue weighted by molar-refractivity contribution is -0.143. The summed E-state index contributed by atoms with van der Waals surface area (Å²) in [5.41, 5.74) is 1.05. The van der Waals surface area contributed by atoms with Crippen LogP contribution in [0, 0.1) is 0 Å². The molecule has 0 heterocycles. The van der Waals surface area contributed by atoms with E-state index in [0.29, 0.717) is 26.0 Å². The number of hydrogen-bond donors (Lipinski definition) is 1. The monoisotopic (exact) mass is 279 g/mol. The second-order valence-electron chi connectivity index (χ2n) is 4.26. The highest BCUT2D eigenvalue weighted by atomic mass is 16.5. The van der Waals surface area contributed by atoms with Crippen molar-refractivity contribution in [1.29, 1.82) is 0 Å². The van der Waals surface area contributed by atoms with Crippen molar-refractivity contribution in [1.82, 2.24) is 5.32 Å². The molecule has 1 amide bonds. The summed E-state index contributed by atoms with van der Waals surface area (Å²) in [4.78, 5) is 22.7. The van der Waals surface area contributed by atoms with Crippen molar-refractivity contribution in [2.45, 2.75) is 26.2 Å². The second-order valence-corrected chi connectivity index (χ2v) is 4.26. The van der Waals surface area contributed by atoms with Crippen molar-refractivity contribution in [2.24, 2.45) is 0 Å². The molecule has 0 saturated carbocycles. The Morgan fingerprint density at radius 3 is 2.75 bits per heavy atom. The van der Waals surface area contributed by atoms with Crippen LogP contribution >= 0.6 is 0 Å². The Kier molecular flexibility index (Phi) is 7.17. The predicted octanol–water partition coefficient (Wildman–Crippen LogP) is 1.70. The van der Waals surface area contributed by atoms with Gasteiger partial charge in [0.1, 0.15) is 5.75 Å². The number of esters is 1. The highest BCUT2D eigenvalue weighted by Gasteiger charge is 2.05. The maximum atomic E-state index is 11.6. The van der Waals surface area contributed by atoms with Gasteiger partial charge in [-0.25, -0.2) is 0 Å². The Bertz CT molecular complexity index is 445. The van der Waals surface area contributed by atoms with E-state index in [1.54, 1.807) is 14.0 Å². The van der Waals surface area contributed by atoms with Crippen molar-refractivity contribution in [2.75, 3.05) is 20.3 Å². The Balaban J connectivity index is 2.24. The zero-order chi connectivity index (χ0) is 14.8. The SMILES string of the molecule is CCOC(=O)CCNC(=O)CCc1cccc(OC)c1. The van der Waals surface area contributed by atoms with E-state index in [1.807, 2.05) is 24.3 Å². The van der Waals surface area contributed by atoms with Gasteiger partial charge in [-0.15, -0.1) is 0 Å². The van der Waals surface area contributed by atoms with Gasteiger partial charge in [0, 0.05) is 13.0 Å². The minimum absolute atomic E-state index is 0.0721. The van der Waals surface area contributed by atoms with E-state index in [0.717, 1.165) is 11.3 Å². The molecule has 1 aromatic rings. The van der Waals surface area contributed by atoms with Crippen molar-refractivity contribution in [3.63, 3.8) is 0 Å². The molecule has 0 bridgehead atoms. The molecule has 1 aromatic carbocycles. The number of rotatable bonds is 8. The average molecular weight is 279 g/mol. The van der Waals surface area contributed by atoms with Gasteiger partial charge < -0.3 is 14.8 Å². The van der Waals surface area contributed by atoms with Gasteiger partial charge in [-0.05, 0) is 31.0 Å². The molecular formula is C15H21NO4. The van der Waals surface area contributed by atoms with E-state index in [-0.39, 0.29) is 18.3 Å². The number of benzene rings is 1. The van der Waals surface area contributed by atoms with E-state index in [1.165, 1.54) is 0 Å². The fourth-order valence-electron chi connectivity index (χ4n) is 1.71. The summed E-state index contributed by atoms with van der Waals surface area (Å²) < 4.78 is 9.90. The first kappa shape index (κ1) is 16.0. The first-order valence-electron chi connectivity index (χ1n) is 6.71. The Morgan fingerprint density at radius 1 is 1.25 bits per heavy atom. The van der Waals surface area contributed by atoms with Crippen LogP contribution in [0.25, 0.3) is 0 Å². The maximum absolute atomic E-state index is 11.6. The molecule has 5 heteroatoms. The lowest BCUT2D eigenvalue weighted by atomic mass is 10.1. The molecular weight excluding hydrogens is 258 g/mol. The molecule has 0 aliphatic carbocycles. The summed E-state index contributed by atoms with van der Waals surface area (Å²) >= 11 is 0. The molecule has 0 aromatic heterocycles. The number of methoxy groups -OCH3 is 1. The summed E-state index contributed by atoms with van der Waals surface area (Å²) in [6, 6.07) is 7.62. The first-order chi connectivity index (χ1) is 9.65. The minimum Gasteiger partial charge on any atom is -0.497 e. The Morgan fingerprint density at radius 2 is 2.05 bits per heavy atom. The molecule has 0 unspecified atom stereocenters. The van der Waals surface area contributed by atoms with Gasteiger partial charge in [-0.3, -0.25) is 9.59 Å². The maximum Gasteiger partial charge on any atom is 0.307 e. The van der Waals surface area contributed by atoms with Gasteiger partial charge in [0.2, 0.25) is 5.91 Å². The number of carbonyl (C=O) groups excluding carboxylic acids is 2. The molecule has 1 rings (SSSR count).